The fourth-order valence-electron chi connectivity index (χ4n) is 3.41. The molecule has 2 atom stereocenters. The Morgan fingerprint density at radius 1 is 1.17 bits per heavy atom. The highest BCUT2D eigenvalue weighted by Crippen LogP contribution is 2.32. The van der Waals surface area contributed by atoms with Crippen LogP contribution in [0.3, 0.4) is 0 Å². The third-order valence-corrected chi connectivity index (χ3v) is 5.26. The van der Waals surface area contributed by atoms with Crippen molar-refractivity contribution in [1.82, 2.24) is 5.01 Å². The van der Waals surface area contributed by atoms with Gasteiger partial charge in [-0.05, 0) is 42.3 Å². The third kappa shape index (κ3) is 3.52. The van der Waals surface area contributed by atoms with Gasteiger partial charge >= 0.3 is 0 Å². The summed E-state index contributed by atoms with van der Waals surface area (Å²) in [5.74, 6) is -2.08. The van der Waals surface area contributed by atoms with Gasteiger partial charge in [0.25, 0.3) is 11.8 Å². The molecule has 10 heteroatoms. The number of hydrogen-bond acceptors (Lipinski definition) is 6. The van der Waals surface area contributed by atoms with Gasteiger partial charge in [-0.1, -0.05) is 35.9 Å². The van der Waals surface area contributed by atoms with E-state index in [-0.39, 0.29) is 11.6 Å². The molecule has 0 radical (unpaired) electrons. The van der Waals surface area contributed by atoms with Crippen LogP contribution in [-0.4, -0.2) is 41.4 Å². The van der Waals surface area contributed by atoms with Crippen LogP contribution >= 0.6 is 11.6 Å². The van der Waals surface area contributed by atoms with Crippen molar-refractivity contribution >= 4 is 40.7 Å². The molecule has 0 aromatic heterocycles. The Balaban J connectivity index is 1.47. The average molecular weight is 430 g/mol. The summed E-state index contributed by atoms with van der Waals surface area (Å²) in [7, 11) is 0. The molecule has 4 rings (SSSR count). The van der Waals surface area contributed by atoms with Crippen LogP contribution in [0.15, 0.2) is 52.8 Å². The van der Waals surface area contributed by atoms with Crippen molar-refractivity contribution in [3.8, 4) is 0 Å². The Morgan fingerprint density at radius 2 is 1.90 bits per heavy atom. The van der Waals surface area contributed by atoms with E-state index in [1.165, 1.54) is 17.1 Å². The minimum Gasteiger partial charge on any atom is -0.324 e. The number of benzene rings is 2. The maximum Gasteiger partial charge on any atom is 0.263 e. The molecule has 154 valence electrons. The van der Waals surface area contributed by atoms with Crippen LogP contribution in [0, 0.1) is 5.82 Å². The maximum absolute atomic E-state index is 13.3. The van der Waals surface area contributed by atoms with E-state index in [0.717, 1.165) is 23.0 Å². The van der Waals surface area contributed by atoms with Crippen LogP contribution in [0.2, 0.25) is 5.02 Å². The average Bonchev–Trinajstić information content (AvgIpc) is 3.24. The molecule has 2 aromatic carbocycles. The lowest BCUT2D eigenvalue weighted by molar-refractivity contribution is -0.123. The van der Waals surface area contributed by atoms with Gasteiger partial charge in [0.15, 0.2) is 12.1 Å². The van der Waals surface area contributed by atoms with Gasteiger partial charge in [0, 0.05) is 5.69 Å². The summed E-state index contributed by atoms with van der Waals surface area (Å²) in [6, 6.07) is 8.92. The molecule has 2 aliphatic rings. The summed E-state index contributed by atoms with van der Waals surface area (Å²) in [4.78, 5) is 39.1. The van der Waals surface area contributed by atoms with Gasteiger partial charge in [0.1, 0.15) is 12.4 Å². The predicted octanol–water partition coefficient (Wildman–Crippen LogP) is 2.97. The number of nitrogens with one attached hydrogen (secondary N) is 1. The lowest BCUT2D eigenvalue weighted by atomic mass is 10.1. The zero-order valence-electron chi connectivity index (χ0n) is 15.9. The second kappa shape index (κ2) is 7.83. The second-order valence-corrected chi connectivity index (χ2v) is 7.31. The molecule has 0 unspecified atom stereocenters. The molecular formula is C20H17ClFN5O3. The molecule has 0 aliphatic carbocycles. The third-order valence-electron chi connectivity index (χ3n) is 4.97. The first-order chi connectivity index (χ1) is 14.4. The van der Waals surface area contributed by atoms with E-state index in [1.54, 1.807) is 12.1 Å². The summed E-state index contributed by atoms with van der Waals surface area (Å²) >= 11 is 5.71. The minimum absolute atomic E-state index is 0.130. The minimum atomic E-state index is -0.989. The van der Waals surface area contributed by atoms with E-state index >= 15 is 0 Å². The number of hydrogen-bond donors (Lipinski definition) is 1. The van der Waals surface area contributed by atoms with Gasteiger partial charge in [-0.15, -0.1) is 0 Å². The number of aryl methyl sites for hydroxylation is 1. The van der Waals surface area contributed by atoms with Crippen LogP contribution in [0.1, 0.15) is 12.5 Å². The molecule has 0 bridgehead atoms. The molecule has 0 spiro atoms. The Labute approximate surface area is 176 Å². The van der Waals surface area contributed by atoms with Gasteiger partial charge in [-0.25, -0.2) is 9.29 Å². The lowest BCUT2D eigenvalue weighted by Crippen LogP contribution is -2.43. The summed E-state index contributed by atoms with van der Waals surface area (Å²) in [6.07, 6.45) is 0.837. The second-order valence-electron chi connectivity index (χ2n) is 6.90. The number of amides is 3. The van der Waals surface area contributed by atoms with Crippen LogP contribution in [0.5, 0.6) is 0 Å². The molecule has 2 aromatic rings. The Kier molecular flexibility index (Phi) is 5.21. The van der Waals surface area contributed by atoms with Gasteiger partial charge in [-0.2, -0.15) is 5.11 Å². The highest BCUT2D eigenvalue weighted by atomic mass is 35.5. The summed E-state index contributed by atoms with van der Waals surface area (Å²) < 4.78 is 13.3. The van der Waals surface area contributed by atoms with Crippen LogP contribution in [0.4, 0.5) is 15.8 Å². The number of carbonyl (C=O) groups excluding carboxylic acids is 3. The number of nitrogens with zero attached hydrogens (tertiary/aromatic N) is 4. The standard InChI is InChI=1S/C20H17ClFN5O3/c1-2-11-3-6-13(7-4-11)27-19(29)17-18(20(27)30)26(25-24-17)10-16(28)23-12-5-8-15(22)14(21)9-12/h3-9,17-18H,2,10H2,1H3,(H,23,28)/t17-,18+/m1/s1. The van der Waals surface area contributed by atoms with Crippen LogP contribution in [0.25, 0.3) is 0 Å². The first-order valence-electron chi connectivity index (χ1n) is 9.28. The molecule has 1 fully saturated rings. The first kappa shape index (κ1) is 20.0. The number of rotatable bonds is 5. The van der Waals surface area contributed by atoms with E-state index in [4.69, 9.17) is 11.6 Å². The van der Waals surface area contributed by atoms with Crippen molar-refractivity contribution in [1.29, 1.82) is 0 Å². The van der Waals surface area contributed by atoms with E-state index in [1.807, 2.05) is 19.1 Å². The van der Waals surface area contributed by atoms with Crippen LogP contribution < -0.4 is 10.2 Å². The number of anilines is 2. The quantitative estimate of drug-likeness (QED) is 0.739. The van der Waals surface area contributed by atoms with Gasteiger partial charge in [-0.3, -0.25) is 19.4 Å². The Hall–Kier alpha value is -3.33. The monoisotopic (exact) mass is 429 g/mol. The fraction of sp³-hybridized carbons (Fsp3) is 0.250. The van der Waals surface area contributed by atoms with Crippen LogP contribution in [-0.2, 0) is 20.8 Å². The van der Waals surface area contributed by atoms with Crippen molar-refractivity contribution in [2.75, 3.05) is 16.8 Å². The Morgan fingerprint density at radius 3 is 2.57 bits per heavy atom. The van der Waals surface area contributed by atoms with Crippen molar-refractivity contribution in [3.05, 3.63) is 58.9 Å². The molecule has 1 N–H and O–H groups in total. The molecule has 2 heterocycles. The molecular weight excluding hydrogens is 413 g/mol. The molecule has 0 saturated carbocycles. The van der Waals surface area contributed by atoms with Gasteiger partial charge in [0.2, 0.25) is 5.91 Å². The molecule has 8 nitrogen and oxygen atoms in total. The van der Waals surface area contributed by atoms with E-state index in [2.05, 4.69) is 15.7 Å². The topological polar surface area (TPSA) is 94.4 Å². The molecule has 1 saturated heterocycles. The van der Waals surface area contributed by atoms with Crippen molar-refractivity contribution in [2.24, 2.45) is 10.3 Å². The number of carbonyl (C=O) groups is 3. The summed E-state index contributed by atoms with van der Waals surface area (Å²) in [5, 5.41) is 11.3. The SMILES string of the molecule is CCc1ccc(N2C(=O)[C@@H]3[C@@H](N=NN3CC(=O)Nc3ccc(F)c(Cl)c3)C2=O)cc1. The smallest absolute Gasteiger partial charge is 0.263 e. The normalized spacial score (nSPS) is 20.1. The fourth-order valence-corrected chi connectivity index (χ4v) is 3.59. The predicted molar refractivity (Wildman–Crippen MR) is 107 cm³/mol. The number of fused-ring (bicyclic) bond motifs is 1. The van der Waals surface area contributed by atoms with E-state index in [0.29, 0.717) is 11.4 Å². The van der Waals surface area contributed by atoms with Crippen molar-refractivity contribution in [3.63, 3.8) is 0 Å². The highest BCUT2D eigenvalue weighted by molar-refractivity contribution is 6.31. The summed E-state index contributed by atoms with van der Waals surface area (Å²) in [5.41, 5.74) is 1.83. The van der Waals surface area contributed by atoms with E-state index in [9.17, 15) is 18.8 Å². The zero-order chi connectivity index (χ0) is 21.4. The first-order valence-corrected chi connectivity index (χ1v) is 9.66. The maximum atomic E-state index is 13.3. The van der Waals surface area contributed by atoms with Gasteiger partial charge < -0.3 is 5.32 Å². The van der Waals surface area contributed by atoms with E-state index < -0.39 is 35.6 Å². The molecule has 30 heavy (non-hydrogen) atoms. The highest BCUT2D eigenvalue weighted by Gasteiger charge is 2.55. The molecule has 3 amide bonds. The lowest BCUT2D eigenvalue weighted by Gasteiger charge is -2.20. The Bertz CT molecular complexity index is 1060. The zero-order valence-corrected chi connectivity index (χ0v) is 16.6. The van der Waals surface area contributed by atoms with Crippen molar-refractivity contribution < 1.29 is 18.8 Å². The molecule has 2 aliphatic heterocycles. The number of halogens is 2. The summed E-state index contributed by atoms with van der Waals surface area (Å²) in [6.45, 7) is 1.70. The number of imide groups is 1. The van der Waals surface area contributed by atoms with Crippen molar-refractivity contribution in [2.45, 2.75) is 25.4 Å². The van der Waals surface area contributed by atoms with Gasteiger partial charge in [0.05, 0.1) is 10.7 Å². The largest absolute Gasteiger partial charge is 0.324 e.